The molecule has 3 heterocycles. The van der Waals surface area contributed by atoms with Gasteiger partial charge in [-0.25, -0.2) is 0 Å². The average molecular weight is 287 g/mol. The van der Waals surface area contributed by atoms with Crippen molar-refractivity contribution in [1.29, 1.82) is 0 Å². The number of aromatic nitrogens is 2. The zero-order chi connectivity index (χ0) is 12.4. The number of nitrogens with one attached hydrogen (secondary N) is 1. The van der Waals surface area contributed by atoms with Gasteiger partial charge in [-0.3, -0.25) is 0 Å². The molecule has 3 rings (SSSR count). The third-order valence-corrected chi connectivity index (χ3v) is 6.19. The molecule has 0 aromatic carbocycles. The van der Waals surface area contributed by atoms with Crippen LogP contribution >= 0.6 is 23.5 Å². The predicted octanol–water partition coefficient (Wildman–Crippen LogP) is 1.64. The predicted molar refractivity (Wildman–Crippen MR) is 73.0 cm³/mol. The van der Waals surface area contributed by atoms with Crippen LogP contribution in [0.15, 0.2) is 4.52 Å². The highest BCUT2D eigenvalue weighted by molar-refractivity contribution is 8.06. The van der Waals surface area contributed by atoms with E-state index >= 15 is 0 Å². The molecule has 18 heavy (non-hydrogen) atoms. The lowest BCUT2D eigenvalue weighted by atomic mass is 10.3. The highest BCUT2D eigenvalue weighted by Crippen LogP contribution is 2.41. The fraction of sp³-hybridized carbons (Fsp3) is 0.818. The van der Waals surface area contributed by atoms with Crippen molar-refractivity contribution in [3.05, 3.63) is 11.7 Å². The second-order valence-corrected chi connectivity index (χ2v) is 7.16. The molecule has 0 radical (unpaired) electrons. The van der Waals surface area contributed by atoms with Gasteiger partial charge in [0.15, 0.2) is 5.82 Å². The Balaban J connectivity index is 1.71. The molecule has 0 amide bonds. The fourth-order valence-corrected chi connectivity index (χ4v) is 4.81. The summed E-state index contributed by atoms with van der Waals surface area (Å²) in [5.74, 6) is 3.80. The molecule has 0 spiro atoms. The Morgan fingerprint density at radius 2 is 2.22 bits per heavy atom. The minimum absolute atomic E-state index is 0.0865. The van der Waals surface area contributed by atoms with Crippen LogP contribution in [0.5, 0.6) is 0 Å². The van der Waals surface area contributed by atoms with Crippen LogP contribution < -0.4 is 5.32 Å². The standard InChI is InChI=1S/C11H17N3O2S2/c1-7-9(18-5-4-17-7)10-13-11(16-14-10)8-6-12-2-3-15-8/h7-9,12H,2-6H2,1H3. The SMILES string of the molecule is CC1SCCSC1c1noc(C2CNCCO2)n1. The van der Waals surface area contributed by atoms with E-state index in [0.29, 0.717) is 23.0 Å². The molecule has 2 fully saturated rings. The lowest BCUT2D eigenvalue weighted by Gasteiger charge is -2.25. The number of thioether (sulfide) groups is 2. The maximum atomic E-state index is 5.62. The monoisotopic (exact) mass is 287 g/mol. The Morgan fingerprint density at radius 1 is 1.33 bits per heavy atom. The first-order valence-electron chi connectivity index (χ1n) is 6.23. The maximum Gasteiger partial charge on any atom is 0.257 e. The molecule has 3 atom stereocenters. The smallest absolute Gasteiger partial charge is 0.257 e. The van der Waals surface area contributed by atoms with Crippen LogP contribution in [0.1, 0.15) is 30.0 Å². The zero-order valence-electron chi connectivity index (χ0n) is 10.3. The van der Waals surface area contributed by atoms with Gasteiger partial charge in [0.05, 0.1) is 11.9 Å². The zero-order valence-corrected chi connectivity index (χ0v) is 11.9. The number of hydrogen-bond donors (Lipinski definition) is 1. The van der Waals surface area contributed by atoms with Crippen molar-refractivity contribution in [2.45, 2.75) is 23.5 Å². The van der Waals surface area contributed by atoms with Crippen LogP contribution in [0.25, 0.3) is 0 Å². The number of nitrogens with zero attached hydrogens (tertiary/aromatic N) is 2. The van der Waals surface area contributed by atoms with E-state index in [4.69, 9.17) is 9.26 Å². The van der Waals surface area contributed by atoms with Crippen molar-refractivity contribution in [2.75, 3.05) is 31.2 Å². The summed E-state index contributed by atoms with van der Waals surface area (Å²) in [4.78, 5) is 4.53. The molecule has 2 aliphatic rings. The molecule has 2 aliphatic heterocycles. The van der Waals surface area contributed by atoms with E-state index in [1.807, 2.05) is 23.5 Å². The number of ether oxygens (including phenoxy) is 1. The first kappa shape index (κ1) is 12.8. The highest BCUT2D eigenvalue weighted by atomic mass is 32.2. The van der Waals surface area contributed by atoms with Crippen LogP contribution in [0.2, 0.25) is 0 Å². The van der Waals surface area contributed by atoms with Crippen LogP contribution in [0.3, 0.4) is 0 Å². The van der Waals surface area contributed by atoms with Gasteiger partial charge in [0.25, 0.3) is 5.89 Å². The van der Waals surface area contributed by atoms with E-state index in [1.165, 1.54) is 5.75 Å². The second kappa shape index (κ2) is 5.81. The molecule has 2 saturated heterocycles. The Labute approximate surface area is 115 Å². The lowest BCUT2D eigenvalue weighted by Crippen LogP contribution is -2.33. The molecule has 7 heteroatoms. The summed E-state index contributed by atoms with van der Waals surface area (Å²) in [5, 5.41) is 8.29. The van der Waals surface area contributed by atoms with Crippen molar-refractivity contribution in [3.63, 3.8) is 0 Å². The molecule has 0 aliphatic carbocycles. The van der Waals surface area contributed by atoms with Gasteiger partial charge >= 0.3 is 0 Å². The van der Waals surface area contributed by atoms with Crippen molar-refractivity contribution >= 4 is 23.5 Å². The molecule has 5 nitrogen and oxygen atoms in total. The maximum absolute atomic E-state index is 5.62. The summed E-state index contributed by atoms with van der Waals surface area (Å²) in [5.41, 5.74) is 0. The lowest BCUT2D eigenvalue weighted by molar-refractivity contribution is 0.00755. The Bertz CT molecular complexity index is 395. The van der Waals surface area contributed by atoms with E-state index in [2.05, 4.69) is 22.4 Å². The summed E-state index contributed by atoms with van der Waals surface area (Å²) >= 11 is 3.90. The summed E-state index contributed by atoms with van der Waals surface area (Å²) in [6.45, 7) is 4.58. The van der Waals surface area contributed by atoms with Gasteiger partial charge in [0.2, 0.25) is 0 Å². The summed E-state index contributed by atoms with van der Waals surface area (Å²) in [6.07, 6.45) is -0.0865. The fourth-order valence-electron chi connectivity index (χ4n) is 2.13. The Kier molecular flexibility index (Phi) is 4.13. The van der Waals surface area contributed by atoms with Gasteiger partial charge in [-0.2, -0.15) is 16.7 Å². The number of hydrogen-bond acceptors (Lipinski definition) is 7. The van der Waals surface area contributed by atoms with Crippen LogP contribution in [0.4, 0.5) is 0 Å². The summed E-state index contributed by atoms with van der Waals surface area (Å²) < 4.78 is 11.0. The van der Waals surface area contributed by atoms with E-state index in [9.17, 15) is 0 Å². The largest absolute Gasteiger partial charge is 0.366 e. The second-order valence-electron chi connectivity index (χ2n) is 4.42. The minimum atomic E-state index is -0.0865. The molecule has 3 unspecified atom stereocenters. The van der Waals surface area contributed by atoms with Gasteiger partial charge in [0, 0.05) is 29.8 Å². The first-order valence-corrected chi connectivity index (χ1v) is 8.33. The van der Waals surface area contributed by atoms with E-state index in [0.717, 1.165) is 24.7 Å². The van der Waals surface area contributed by atoms with Gasteiger partial charge in [-0.05, 0) is 0 Å². The van der Waals surface area contributed by atoms with Crippen molar-refractivity contribution in [1.82, 2.24) is 15.5 Å². The minimum Gasteiger partial charge on any atom is -0.366 e. The molecule has 0 bridgehead atoms. The van der Waals surface area contributed by atoms with Gasteiger partial charge in [0.1, 0.15) is 6.10 Å². The average Bonchev–Trinajstić information content (AvgIpc) is 2.90. The summed E-state index contributed by atoms with van der Waals surface area (Å²) in [7, 11) is 0. The molecule has 1 aromatic rings. The van der Waals surface area contributed by atoms with Crippen molar-refractivity contribution < 1.29 is 9.26 Å². The van der Waals surface area contributed by atoms with Crippen LogP contribution in [-0.4, -0.2) is 46.6 Å². The van der Waals surface area contributed by atoms with E-state index < -0.39 is 0 Å². The first-order chi connectivity index (χ1) is 8.84. The highest BCUT2D eigenvalue weighted by Gasteiger charge is 2.30. The molecule has 1 N–H and O–H groups in total. The molecular formula is C11H17N3O2S2. The Hall–Kier alpha value is -0.240. The quantitative estimate of drug-likeness (QED) is 0.887. The molecule has 100 valence electrons. The Morgan fingerprint density at radius 3 is 3.00 bits per heavy atom. The topological polar surface area (TPSA) is 60.2 Å². The van der Waals surface area contributed by atoms with Crippen molar-refractivity contribution in [3.8, 4) is 0 Å². The van der Waals surface area contributed by atoms with Gasteiger partial charge in [-0.1, -0.05) is 12.1 Å². The number of morpholine rings is 1. The molecule has 1 aromatic heterocycles. The third-order valence-electron chi connectivity index (χ3n) is 3.10. The molecular weight excluding hydrogens is 270 g/mol. The molecule has 0 saturated carbocycles. The van der Waals surface area contributed by atoms with Gasteiger partial charge < -0.3 is 14.6 Å². The van der Waals surface area contributed by atoms with Gasteiger partial charge in [-0.15, -0.1) is 11.8 Å². The summed E-state index contributed by atoms with van der Waals surface area (Å²) in [6, 6.07) is 0. The van der Waals surface area contributed by atoms with Crippen LogP contribution in [-0.2, 0) is 4.74 Å². The van der Waals surface area contributed by atoms with E-state index in [-0.39, 0.29) is 6.10 Å². The van der Waals surface area contributed by atoms with Crippen LogP contribution in [0, 0.1) is 0 Å². The third kappa shape index (κ3) is 2.68. The number of rotatable bonds is 2. The van der Waals surface area contributed by atoms with Crippen molar-refractivity contribution in [2.24, 2.45) is 0 Å². The normalized spacial score (nSPS) is 33.5. The van der Waals surface area contributed by atoms with E-state index in [1.54, 1.807) is 0 Å².